The van der Waals surface area contributed by atoms with Crippen molar-refractivity contribution in [3.63, 3.8) is 0 Å². The average Bonchev–Trinajstić information content (AvgIpc) is 2.36. The minimum Gasteiger partial charge on any atom is -0.387 e. The van der Waals surface area contributed by atoms with Crippen molar-refractivity contribution in [3.05, 3.63) is 53.7 Å². The van der Waals surface area contributed by atoms with E-state index in [1.54, 1.807) is 6.20 Å². The first-order chi connectivity index (χ1) is 9.51. The summed E-state index contributed by atoms with van der Waals surface area (Å²) in [4.78, 5) is 4.45. The van der Waals surface area contributed by atoms with Gasteiger partial charge < -0.3 is 10.6 Å². The zero-order valence-corrected chi connectivity index (χ0v) is 12.5. The molecule has 1 aromatic heterocycles. The van der Waals surface area contributed by atoms with Gasteiger partial charge in [0.25, 0.3) is 0 Å². The number of rotatable bonds is 4. The first-order valence-corrected chi connectivity index (χ1v) is 6.69. The molecule has 0 radical (unpaired) electrons. The summed E-state index contributed by atoms with van der Waals surface area (Å²) in [7, 11) is 1.91. The largest absolute Gasteiger partial charge is 0.387 e. The molecule has 0 aliphatic carbocycles. The zero-order chi connectivity index (χ0) is 14.7. The van der Waals surface area contributed by atoms with E-state index in [1.165, 1.54) is 11.1 Å². The molecule has 0 atom stereocenters. The predicted octanol–water partition coefficient (Wildman–Crippen LogP) is 4.52. The minimum atomic E-state index is 0.828. The fourth-order valence-corrected chi connectivity index (χ4v) is 2.38. The van der Waals surface area contributed by atoms with Crippen LogP contribution in [0.5, 0.6) is 0 Å². The van der Waals surface area contributed by atoms with Gasteiger partial charge in [0, 0.05) is 30.2 Å². The maximum Gasteiger partial charge on any atom is 0.139 e. The van der Waals surface area contributed by atoms with Crippen LogP contribution in [0, 0.1) is 13.8 Å². The van der Waals surface area contributed by atoms with E-state index in [9.17, 15) is 0 Å². The van der Waals surface area contributed by atoms with E-state index < -0.39 is 0 Å². The molecule has 0 aliphatic rings. The van der Waals surface area contributed by atoms with Crippen molar-refractivity contribution in [2.75, 3.05) is 17.7 Å². The van der Waals surface area contributed by atoms with Gasteiger partial charge in [-0.2, -0.15) is 0 Å². The van der Waals surface area contributed by atoms with Gasteiger partial charge in [0.2, 0.25) is 0 Å². The third-order valence-corrected chi connectivity index (χ3v) is 3.13. The number of hydrogen-bond acceptors (Lipinski definition) is 3. The SMILES string of the molecule is C=C(C)c1c(NC)ccnc1Nc1cc(C)cc(C)c1. The van der Waals surface area contributed by atoms with Crippen molar-refractivity contribution in [2.45, 2.75) is 20.8 Å². The second kappa shape index (κ2) is 5.78. The number of hydrogen-bond donors (Lipinski definition) is 2. The first kappa shape index (κ1) is 14.1. The van der Waals surface area contributed by atoms with Crippen LogP contribution in [0.2, 0.25) is 0 Å². The molecule has 0 spiro atoms. The van der Waals surface area contributed by atoms with Crippen molar-refractivity contribution in [1.29, 1.82) is 0 Å². The van der Waals surface area contributed by atoms with Crippen LogP contribution >= 0.6 is 0 Å². The topological polar surface area (TPSA) is 37.0 Å². The second-order valence-corrected chi connectivity index (χ2v) is 5.11. The second-order valence-electron chi connectivity index (χ2n) is 5.11. The molecule has 2 N–H and O–H groups in total. The molecular weight excluding hydrogens is 246 g/mol. The van der Waals surface area contributed by atoms with Crippen LogP contribution in [0.4, 0.5) is 17.2 Å². The average molecular weight is 267 g/mol. The van der Waals surface area contributed by atoms with Crippen molar-refractivity contribution < 1.29 is 0 Å². The Morgan fingerprint density at radius 3 is 2.35 bits per heavy atom. The number of allylic oxidation sites excluding steroid dienone is 1. The number of nitrogens with one attached hydrogen (secondary N) is 2. The molecule has 0 saturated carbocycles. The number of pyridine rings is 1. The van der Waals surface area contributed by atoms with Crippen LogP contribution < -0.4 is 10.6 Å². The molecule has 2 rings (SSSR count). The van der Waals surface area contributed by atoms with Gasteiger partial charge in [0.05, 0.1) is 0 Å². The van der Waals surface area contributed by atoms with Crippen LogP contribution in [0.25, 0.3) is 5.57 Å². The quantitative estimate of drug-likeness (QED) is 0.855. The lowest BCUT2D eigenvalue weighted by atomic mass is 10.1. The zero-order valence-electron chi connectivity index (χ0n) is 12.5. The van der Waals surface area contributed by atoms with E-state index in [0.717, 1.165) is 28.3 Å². The molecule has 20 heavy (non-hydrogen) atoms. The molecule has 3 heteroatoms. The Bertz CT molecular complexity index is 624. The summed E-state index contributed by atoms with van der Waals surface area (Å²) < 4.78 is 0. The molecule has 0 saturated heterocycles. The monoisotopic (exact) mass is 267 g/mol. The Kier molecular flexibility index (Phi) is 4.08. The molecule has 0 unspecified atom stereocenters. The first-order valence-electron chi connectivity index (χ1n) is 6.69. The van der Waals surface area contributed by atoms with Gasteiger partial charge in [-0.25, -0.2) is 4.98 Å². The molecule has 0 aliphatic heterocycles. The summed E-state index contributed by atoms with van der Waals surface area (Å²) in [5.41, 5.74) is 6.54. The van der Waals surface area contributed by atoms with Crippen LogP contribution in [0.15, 0.2) is 37.0 Å². The normalized spacial score (nSPS) is 10.2. The van der Waals surface area contributed by atoms with Gasteiger partial charge in [-0.1, -0.05) is 12.6 Å². The lowest BCUT2D eigenvalue weighted by Gasteiger charge is -2.15. The summed E-state index contributed by atoms with van der Waals surface area (Å²) in [6.07, 6.45) is 1.79. The van der Waals surface area contributed by atoms with Gasteiger partial charge in [-0.05, 0) is 55.7 Å². The lowest BCUT2D eigenvalue weighted by molar-refractivity contribution is 1.27. The van der Waals surface area contributed by atoms with Crippen LogP contribution in [0.3, 0.4) is 0 Å². The standard InChI is InChI=1S/C17H21N3/c1-11(2)16-15(18-5)6-7-19-17(16)20-14-9-12(3)8-13(4)10-14/h6-10H,1H2,2-5H3,(H2,18,19,20). The molecule has 3 nitrogen and oxygen atoms in total. The smallest absolute Gasteiger partial charge is 0.139 e. The number of aryl methyl sites for hydroxylation is 2. The highest BCUT2D eigenvalue weighted by atomic mass is 15.0. The van der Waals surface area contributed by atoms with Crippen molar-refractivity contribution in [1.82, 2.24) is 4.98 Å². The molecule has 2 aromatic rings. The van der Waals surface area contributed by atoms with E-state index in [4.69, 9.17) is 0 Å². The summed E-state index contributed by atoms with van der Waals surface area (Å²) in [6.45, 7) is 10.2. The number of nitrogens with zero attached hydrogens (tertiary/aromatic N) is 1. The van der Waals surface area contributed by atoms with E-state index >= 15 is 0 Å². The molecule has 0 amide bonds. The minimum absolute atomic E-state index is 0.828. The van der Waals surface area contributed by atoms with Crippen LogP contribution in [-0.4, -0.2) is 12.0 Å². The summed E-state index contributed by atoms with van der Waals surface area (Å²) in [5.74, 6) is 0.828. The third kappa shape index (κ3) is 2.99. The van der Waals surface area contributed by atoms with Gasteiger partial charge >= 0.3 is 0 Å². The molecule has 0 bridgehead atoms. The van der Waals surface area contributed by atoms with Gasteiger partial charge in [-0.15, -0.1) is 0 Å². The van der Waals surface area contributed by atoms with Crippen molar-refractivity contribution in [3.8, 4) is 0 Å². The molecular formula is C17H21N3. The maximum atomic E-state index is 4.45. The van der Waals surface area contributed by atoms with E-state index in [-0.39, 0.29) is 0 Å². The number of anilines is 3. The highest BCUT2D eigenvalue weighted by molar-refractivity contribution is 5.83. The Labute approximate surface area is 120 Å². The van der Waals surface area contributed by atoms with Gasteiger partial charge in [0.15, 0.2) is 0 Å². The lowest BCUT2D eigenvalue weighted by Crippen LogP contribution is -2.02. The Morgan fingerprint density at radius 1 is 1.15 bits per heavy atom. The number of aromatic nitrogens is 1. The third-order valence-electron chi connectivity index (χ3n) is 3.13. The highest BCUT2D eigenvalue weighted by Gasteiger charge is 2.10. The molecule has 0 fully saturated rings. The number of benzene rings is 1. The molecule has 104 valence electrons. The molecule has 1 aromatic carbocycles. The van der Waals surface area contributed by atoms with Gasteiger partial charge in [-0.3, -0.25) is 0 Å². The van der Waals surface area contributed by atoms with Crippen molar-refractivity contribution in [2.24, 2.45) is 0 Å². The van der Waals surface area contributed by atoms with Crippen molar-refractivity contribution >= 4 is 22.8 Å². The molecule has 1 heterocycles. The Balaban J connectivity index is 2.45. The Morgan fingerprint density at radius 2 is 1.80 bits per heavy atom. The van der Waals surface area contributed by atoms with E-state index in [1.807, 2.05) is 20.0 Å². The maximum absolute atomic E-state index is 4.45. The fraction of sp³-hybridized carbons (Fsp3) is 0.235. The summed E-state index contributed by atoms with van der Waals surface area (Å²) >= 11 is 0. The van der Waals surface area contributed by atoms with E-state index in [0.29, 0.717) is 0 Å². The Hall–Kier alpha value is -2.29. The predicted molar refractivity (Wildman–Crippen MR) is 87.7 cm³/mol. The van der Waals surface area contributed by atoms with Crippen LogP contribution in [-0.2, 0) is 0 Å². The van der Waals surface area contributed by atoms with Gasteiger partial charge in [0.1, 0.15) is 5.82 Å². The van der Waals surface area contributed by atoms with E-state index in [2.05, 4.69) is 54.2 Å². The summed E-state index contributed by atoms with van der Waals surface area (Å²) in [5, 5.41) is 6.58. The van der Waals surface area contributed by atoms with Crippen LogP contribution in [0.1, 0.15) is 23.6 Å². The fourth-order valence-electron chi connectivity index (χ4n) is 2.38. The highest BCUT2D eigenvalue weighted by Crippen LogP contribution is 2.30. The summed E-state index contributed by atoms with van der Waals surface area (Å²) in [6, 6.07) is 8.34.